The molecule has 24 heavy (non-hydrogen) atoms. The Morgan fingerprint density at radius 2 is 2.08 bits per heavy atom. The summed E-state index contributed by atoms with van der Waals surface area (Å²) in [6, 6.07) is 9.16. The molecule has 1 aromatic rings. The Morgan fingerprint density at radius 1 is 1.33 bits per heavy atom. The summed E-state index contributed by atoms with van der Waals surface area (Å²) in [4.78, 5) is 6.91. The Kier molecular flexibility index (Phi) is 7.37. The number of hydrogen-bond acceptors (Lipinski definition) is 3. The van der Waals surface area contributed by atoms with E-state index in [-0.39, 0.29) is 0 Å². The highest BCUT2D eigenvalue weighted by molar-refractivity contribution is 5.79. The second kappa shape index (κ2) is 9.52. The smallest absolute Gasteiger partial charge is 0.191 e. The van der Waals surface area contributed by atoms with Crippen LogP contribution < -0.4 is 15.4 Å². The highest BCUT2D eigenvalue weighted by Gasteiger charge is 2.24. The van der Waals surface area contributed by atoms with E-state index in [1.807, 2.05) is 13.1 Å². The monoisotopic (exact) mass is 332 g/mol. The molecule has 2 atom stereocenters. The summed E-state index contributed by atoms with van der Waals surface area (Å²) in [5.74, 6) is 1.79. The molecule has 2 unspecified atom stereocenters. The number of nitrogens with one attached hydrogen (secondary N) is 2. The van der Waals surface area contributed by atoms with Crippen molar-refractivity contribution in [3.8, 4) is 5.75 Å². The summed E-state index contributed by atoms with van der Waals surface area (Å²) in [5.41, 5.74) is 1.29. The first-order valence-electron chi connectivity index (χ1n) is 9.03. The van der Waals surface area contributed by atoms with Gasteiger partial charge >= 0.3 is 0 Å². The quantitative estimate of drug-likeness (QED) is 0.595. The van der Waals surface area contributed by atoms with Gasteiger partial charge < -0.3 is 15.4 Å². The van der Waals surface area contributed by atoms with Crippen LogP contribution in [0.15, 0.2) is 29.3 Å². The minimum Gasteiger partial charge on any atom is -0.497 e. The van der Waals surface area contributed by atoms with Crippen LogP contribution in [0.3, 0.4) is 0 Å². The molecule has 5 heteroatoms. The Bertz CT molecular complexity index is 526. The molecule has 0 spiro atoms. The van der Waals surface area contributed by atoms with Gasteiger partial charge in [-0.1, -0.05) is 19.1 Å². The fraction of sp³-hybridized carbons (Fsp3) is 0.632. The third-order valence-corrected chi connectivity index (χ3v) is 4.74. The minimum atomic E-state index is 0.332. The number of aliphatic imine (C=N–C) groups is 1. The van der Waals surface area contributed by atoms with Crippen LogP contribution in [-0.2, 0) is 0 Å². The second-order valence-corrected chi connectivity index (χ2v) is 6.44. The van der Waals surface area contributed by atoms with E-state index in [0.29, 0.717) is 12.1 Å². The molecular formula is C19H32N4O. The number of benzene rings is 1. The zero-order valence-electron chi connectivity index (χ0n) is 15.5. The first-order valence-corrected chi connectivity index (χ1v) is 9.03. The van der Waals surface area contributed by atoms with Gasteiger partial charge in [0, 0.05) is 19.6 Å². The predicted octanol–water partition coefficient (Wildman–Crippen LogP) is 2.80. The maximum Gasteiger partial charge on any atom is 0.191 e. The van der Waals surface area contributed by atoms with Crippen LogP contribution in [-0.4, -0.2) is 50.7 Å². The molecule has 0 amide bonds. The van der Waals surface area contributed by atoms with E-state index in [1.165, 1.54) is 18.4 Å². The van der Waals surface area contributed by atoms with Crippen LogP contribution in [0.1, 0.15) is 44.7 Å². The molecule has 2 N–H and O–H groups in total. The van der Waals surface area contributed by atoms with Gasteiger partial charge in [-0.3, -0.25) is 9.89 Å². The van der Waals surface area contributed by atoms with Crippen molar-refractivity contribution < 1.29 is 4.74 Å². The lowest BCUT2D eigenvalue weighted by Gasteiger charge is -2.29. The minimum absolute atomic E-state index is 0.332. The van der Waals surface area contributed by atoms with Crippen LogP contribution in [0.25, 0.3) is 0 Å². The largest absolute Gasteiger partial charge is 0.497 e. The Morgan fingerprint density at radius 3 is 2.71 bits per heavy atom. The fourth-order valence-corrected chi connectivity index (χ4v) is 3.08. The molecular weight excluding hydrogens is 300 g/mol. The van der Waals surface area contributed by atoms with E-state index in [1.54, 1.807) is 7.11 Å². The molecule has 0 aromatic heterocycles. The number of rotatable bonds is 7. The van der Waals surface area contributed by atoms with Crippen LogP contribution in [0.4, 0.5) is 0 Å². The van der Waals surface area contributed by atoms with Crippen LogP contribution in [0, 0.1) is 0 Å². The number of guanidine groups is 1. The number of hydrogen-bond donors (Lipinski definition) is 2. The molecule has 1 aliphatic heterocycles. The molecule has 1 saturated heterocycles. The number of ether oxygens (including phenoxy) is 1. The van der Waals surface area contributed by atoms with Gasteiger partial charge in [0.15, 0.2) is 5.96 Å². The predicted molar refractivity (Wildman–Crippen MR) is 101 cm³/mol. The number of methoxy groups -OCH3 is 1. The maximum absolute atomic E-state index is 5.41. The molecule has 1 aromatic carbocycles. The first kappa shape index (κ1) is 18.6. The molecule has 0 bridgehead atoms. The van der Waals surface area contributed by atoms with Crippen LogP contribution >= 0.6 is 0 Å². The topological polar surface area (TPSA) is 48.9 Å². The summed E-state index contributed by atoms with van der Waals surface area (Å²) in [6.45, 7) is 7.49. The maximum atomic E-state index is 5.41. The van der Waals surface area contributed by atoms with E-state index in [9.17, 15) is 0 Å². The van der Waals surface area contributed by atoms with Crippen molar-refractivity contribution in [3.63, 3.8) is 0 Å². The lowest BCUT2D eigenvalue weighted by molar-refractivity contribution is 0.244. The zero-order valence-corrected chi connectivity index (χ0v) is 15.5. The third kappa shape index (κ3) is 5.13. The summed E-state index contributed by atoms with van der Waals surface area (Å²) < 4.78 is 5.41. The van der Waals surface area contributed by atoms with E-state index < -0.39 is 0 Å². The van der Waals surface area contributed by atoms with Gasteiger partial charge in [-0.15, -0.1) is 0 Å². The highest BCUT2D eigenvalue weighted by atomic mass is 16.5. The van der Waals surface area contributed by atoms with Crippen molar-refractivity contribution in [3.05, 3.63) is 29.8 Å². The van der Waals surface area contributed by atoms with E-state index in [2.05, 4.69) is 52.6 Å². The molecule has 1 fully saturated rings. The van der Waals surface area contributed by atoms with Crippen molar-refractivity contribution in [2.75, 3.05) is 33.8 Å². The van der Waals surface area contributed by atoms with Crippen LogP contribution in [0.2, 0.25) is 0 Å². The Labute approximate surface area is 146 Å². The van der Waals surface area contributed by atoms with Gasteiger partial charge in [-0.25, -0.2) is 0 Å². The molecule has 1 heterocycles. The molecule has 0 saturated carbocycles. The summed E-state index contributed by atoms with van der Waals surface area (Å²) in [5, 5.41) is 6.94. The summed E-state index contributed by atoms with van der Waals surface area (Å²) >= 11 is 0. The average molecular weight is 332 g/mol. The molecule has 1 aliphatic rings. The van der Waals surface area contributed by atoms with E-state index >= 15 is 0 Å². The Hall–Kier alpha value is -1.75. The molecule has 0 aliphatic carbocycles. The van der Waals surface area contributed by atoms with E-state index in [4.69, 9.17) is 4.74 Å². The van der Waals surface area contributed by atoms with Gasteiger partial charge in [-0.05, 0) is 57.0 Å². The van der Waals surface area contributed by atoms with Crippen molar-refractivity contribution in [1.82, 2.24) is 15.5 Å². The molecule has 5 nitrogen and oxygen atoms in total. The number of nitrogens with zero attached hydrogens (tertiary/aromatic N) is 2. The van der Waals surface area contributed by atoms with Crippen molar-refractivity contribution in [2.45, 2.75) is 45.2 Å². The summed E-state index contributed by atoms with van der Waals surface area (Å²) in [6.07, 6.45) is 3.63. The number of likely N-dealkylation sites (tertiary alicyclic amines) is 1. The van der Waals surface area contributed by atoms with Crippen molar-refractivity contribution in [2.24, 2.45) is 4.99 Å². The van der Waals surface area contributed by atoms with Gasteiger partial charge in [0.2, 0.25) is 0 Å². The van der Waals surface area contributed by atoms with Crippen LogP contribution in [0.5, 0.6) is 5.75 Å². The lowest BCUT2D eigenvalue weighted by atomic mass is 10.1. The normalized spacial score (nSPS) is 18.2. The van der Waals surface area contributed by atoms with Gasteiger partial charge in [0.25, 0.3) is 0 Å². The van der Waals surface area contributed by atoms with Crippen molar-refractivity contribution in [1.29, 1.82) is 0 Å². The third-order valence-electron chi connectivity index (χ3n) is 4.74. The Balaban J connectivity index is 2.08. The molecule has 0 radical (unpaired) electrons. The van der Waals surface area contributed by atoms with Gasteiger partial charge in [0.1, 0.15) is 5.75 Å². The molecule has 134 valence electrons. The van der Waals surface area contributed by atoms with Gasteiger partial charge in [0.05, 0.1) is 13.2 Å². The average Bonchev–Trinajstić information content (AvgIpc) is 3.15. The van der Waals surface area contributed by atoms with E-state index in [0.717, 1.165) is 37.8 Å². The summed E-state index contributed by atoms with van der Waals surface area (Å²) in [7, 11) is 3.55. The molecule has 2 rings (SSSR count). The van der Waals surface area contributed by atoms with Crippen molar-refractivity contribution >= 4 is 5.96 Å². The standard InChI is InChI=1S/C19H32N4O/c1-5-15(2)22-19(20-3)21-14-18(23-11-6-7-12-23)16-9-8-10-17(13-16)24-4/h8-10,13,15,18H,5-7,11-12,14H2,1-4H3,(H2,20,21,22). The van der Waals surface area contributed by atoms with Gasteiger partial charge in [-0.2, -0.15) is 0 Å². The fourth-order valence-electron chi connectivity index (χ4n) is 3.08. The SMILES string of the molecule is CCC(C)NC(=NC)NCC(c1cccc(OC)c1)N1CCCC1. The zero-order chi connectivity index (χ0) is 17.4. The highest BCUT2D eigenvalue weighted by Crippen LogP contribution is 2.27. The lowest BCUT2D eigenvalue weighted by Crippen LogP contribution is -2.45. The second-order valence-electron chi connectivity index (χ2n) is 6.44. The first-order chi connectivity index (χ1) is 11.7.